The number of carboxylic acids is 2. The predicted octanol–water partition coefficient (Wildman–Crippen LogP) is -0.814. The van der Waals surface area contributed by atoms with Gasteiger partial charge in [-0.25, -0.2) is 0 Å². The summed E-state index contributed by atoms with van der Waals surface area (Å²) in [6.07, 6.45) is -1.21. The number of hydrogen-bond acceptors (Lipinski definition) is 4. The Bertz CT molecular complexity index is 247. The second-order valence-corrected chi connectivity index (χ2v) is 3.49. The third kappa shape index (κ3) is 1.27. The maximum absolute atomic E-state index is 10.7. The van der Waals surface area contributed by atoms with Crippen LogP contribution >= 0.6 is 0 Å². The molecule has 6 nitrogen and oxygen atoms in total. The summed E-state index contributed by atoms with van der Waals surface area (Å²) >= 11 is 0. The second-order valence-electron chi connectivity index (χ2n) is 3.49. The van der Waals surface area contributed by atoms with Crippen LogP contribution in [0.15, 0.2) is 0 Å². The molecule has 0 radical (unpaired) electrons. The van der Waals surface area contributed by atoms with Gasteiger partial charge >= 0.3 is 11.9 Å². The van der Waals surface area contributed by atoms with Crippen molar-refractivity contribution in [1.29, 1.82) is 0 Å². The molecule has 0 spiro atoms. The van der Waals surface area contributed by atoms with Gasteiger partial charge in [0.1, 0.15) is 24.0 Å². The Kier molecular flexibility index (Phi) is 2.16. The minimum atomic E-state index is -0.997. The normalized spacial score (nSPS) is 40.9. The van der Waals surface area contributed by atoms with Gasteiger partial charge in [0.2, 0.25) is 0 Å². The lowest BCUT2D eigenvalue weighted by Crippen LogP contribution is -2.32. The molecule has 2 rings (SSSR count). The molecule has 4 atom stereocenters. The smallest absolute Gasteiger partial charge is 0.311 e. The minimum Gasteiger partial charge on any atom is -0.481 e. The van der Waals surface area contributed by atoms with Gasteiger partial charge in [0, 0.05) is 0 Å². The monoisotopic (exact) mass is 202 g/mol. The standard InChI is InChI=1S/C8H10O6/c9-7(10)3-1-13-6-4(8(11)12)2-14-5(3)6/h3-6H,1-2H2,(H,9,10)(H,11,12)/t3-,4?,5+,6+/m0/s1. The van der Waals surface area contributed by atoms with Crippen LogP contribution < -0.4 is 0 Å². The summed E-state index contributed by atoms with van der Waals surface area (Å²) in [7, 11) is 0. The lowest BCUT2D eigenvalue weighted by atomic mass is 9.97. The molecule has 0 bridgehead atoms. The van der Waals surface area contributed by atoms with E-state index >= 15 is 0 Å². The summed E-state index contributed by atoms with van der Waals surface area (Å²) in [6.45, 7) is 0.0723. The van der Waals surface area contributed by atoms with Crippen molar-refractivity contribution in [2.45, 2.75) is 12.2 Å². The van der Waals surface area contributed by atoms with Crippen molar-refractivity contribution in [2.24, 2.45) is 11.8 Å². The first-order valence-electron chi connectivity index (χ1n) is 4.30. The zero-order valence-corrected chi connectivity index (χ0v) is 7.25. The average Bonchev–Trinajstić information content (AvgIpc) is 2.59. The zero-order valence-electron chi connectivity index (χ0n) is 7.25. The summed E-state index contributed by atoms with van der Waals surface area (Å²) in [5.74, 6) is -3.46. The molecule has 14 heavy (non-hydrogen) atoms. The molecule has 6 heteroatoms. The van der Waals surface area contributed by atoms with Crippen molar-refractivity contribution < 1.29 is 29.3 Å². The van der Waals surface area contributed by atoms with E-state index in [9.17, 15) is 9.59 Å². The molecule has 0 aliphatic carbocycles. The van der Waals surface area contributed by atoms with Crippen molar-refractivity contribution in [3.8, 4) is 0 Å². The van der Waals surface area contributed by atoms with E-state index in [1.165, 1.54) is 0 Å². The minimum absolute atomic E-state index is 0.0362. The fourth-order valence-corrected chi connectivity index (χ4v) is 1.92. The lowest BCUT2D eigenvalue weighted by molar-refractivity contribution is -0.145. The van der Waals surface area contributed by atoms with Crippen LogP contribution in [-0.2, 0) is 19.1 Å². The molecule has 2 aliphatic rings. The first kappa shape index (κ1) is 9.42. The van der Waals surface area contributed by atoms with Crippen molar-refractivity contribution >= 4 is 11.9 Å². The first-order chi connectivity index (χ1) is 6.61. The summed E-state index contributed by atoms with van der Waals surface area (Å²) in [5, 5.41) is 17.6. The molecule has 78 valence electrons. The summed E-state index contributed by atoms with van der Waals surface area (Å²) in [4.78, 5) is 21.4. The third-order valence-electron chi connectivity index (χ3n) is 2.69. The van der Waals surface area contributed by atoms with Crippen LogP contribution in [0.3, 0.4) is 0 Å². The molecule has 2 saturated heterocycles. The Hall–Kier alpha value is -1.14. The quantitative estimate of drug-likeness (QED) is 0.608. The number of hydrogen-bond donors (Lipinski definition) is 2. The largest absolute Gasteiger partial charge is 0.481 e. The van der Waals surface area contributed by atoms with Gasteiger partial charge in [-0.1, -0.05) is 0 Å². The van der Waals surface area contributed by atoms with E-state index in [0.717, 1.165) is 0 Å². The van der Waals surface area contributed by atoms with E-state index in [-0.39, 0.29) is 13.2 Å². The van der Waals surface area contributed by atoms with E-state index < -0.39 is 36.0 Å². The van der Waals surface area contributed by atoms with Gasteiger partial charge in [-0.05, 0) is 0 Å². The molecule has 0 aromatic carbocycles. The molecular weight excluding hydrogens is 192 g/mol. The van der Waals surface area contributed by atoms with Crippen LogP contribution in [0.4, 0.5) is 0 Å². The van der Waals surface area contributed by atoms with Gasteiger partial charge in [0.25, 0.3) is 0 Å². The molecule has 2 N–H and O–H groups in total. The Labute approximate surface area is 79.4 Å². The number of ether oxygens (including phenoxy) is 2. The SMILES string of the molecule is O=C(O)C1CO[C@@H]2[C@@H](C(=O)O)CO[C@H]12. The number of fused-ring (bicyclic) bond motifs is 1. The third-order valence-corrected chi connectivity index (χ3v) is 2.69. The van der Waals surface area contributed by atoms with Crippen molar-refractivity contribution in [1.82, 2.24) is 0 Å². The zero-order chi connectivity index (χ0) is 10.3. The topological polar surface area (TPSA) is 93.1 Å². The molecule has 0 saturated carbocycles. The molecule has 0 aromatic rings. The van der Waals surface area contributed by atoms with Crippen LogP contribution in [0.2, 0.25) is 0 Å². The maximum Gasteiger partial charge on any atom is 0.311 e. The van der Waals surface area contributed by atoms with E-state index in [2.05, 4.69) is 0 Å². The fraction of sp³-hybridized carbons (Fsp3) is 0.750. The van der Waals surface area contributed by atoms with E-state index in [1.807, 2.05) is 0 Å². The highest BCUT2D eigenvalue weighted by Crippen LogP contribution is 2.34. The Balaban J connectivity index is 2.11. The van der Waals surface area contributed by atoms with E-state index in [4.69, 9.17) is 19.7 Å². The van der Waals surface area contributed by atoms with Crippen molar-refractivity contribution in [3.63, 3.8) is 0 Å². The fourth-order valence-electron chi connectivity index (χ4n) is 1.92. The molecule has 0 aromatic heterocycles. The van der Waals surface area contributed by atoms with Crippen LogP contribution in [0, 0.1) is 11.8 Å². The van der Waals surface area contributed by atoms with Crippen molar-refractivity contribution in [3.05, 3.63) is 0 Å². The van der Waals surface area contributed by atoms with Crippen LogP contribution in [0.5, 0.6) is 0 Å². The predicted molar refractivity (Wildman–Crippen MR) is 41.7 cm³/mol. The number of rotatable bonds is 2. The van der Waals surface area contributed by atoms with Crippen molar-refractivity contribution in [2.75, 3.05) is 13.2 Å². The Morgan fingerprint density at radius 2 is 1.29 bits per heavy atom. The van der Waals surface area contributed by atoms with Gasteiger partial charge in [-0.3, -0.25) is 9.59 Å². The van der Waals surface area contributed by atoms with Crippen LogP contribution in [0.25, 0.3) is 0 Å². The summed E-state index contributed by atoms with van der Waals surface area (Å²) in [5.41, 5.74) is 0. The highest BCUT2D eigenvalue weighted by atomic mass is 16.6. The second kappa shape index (κ2) is 3.21. The summed E-state index contributed by atoms with van der Waals surface area (Å²) < 4.78 is 10.3. The Morgan fingerprint density at radius 1 is 0.929 bits per heavy atom. The van der Waals surface area contributed by atoms with Gasteiger partial charge in [-0.2, -0.15) is 0 Å². The Morgan fingerprint density at radius 3 is 1.57 bits per heavy atom. The maximum atomic E-state index is 10.7. The van der Waals surface area contributed by atoms with Crippen LogP contribution in [0.1, 0.15) is 0 Å². The highest BCUT2D eigenvalue weighted by Gasteiger charge is 2.52. The molecule has 2 fully saturated rings. The van der Waals surface area contributed by atoms with E-state index in [1.54, 1.807) is 0 Å². The van der Waals surface area contributed by atoms with Gasteiger partial charge in [0.05, 0.1) is 13.2 Å². The number of aliphatic carboxylic acids is 2. The molecular formula is C8H10O6. The number of carboxylic acid groups (broad SMARTS) is 2. The first-order valence-corrected chi connectivity index (χ1v) is 4.30. The van der Waals surface area contributed by atoms with Gasteiger partial charge in [0.15, 0.2) is 0 Å². The lowest BCUT2D eigenvalue weighted by Gasteiger charge is -2.11. The molecule has 1 unspecified atom stereocenters. The molecule has 0 amide bonds. The number of carbonyl (C=O) groups is 2. The molecule has 2 aliphatic heterocycles. The van der Waals surface area contributed by atoms with Gasteiger partial charge < -0.3 is 19.7 Å². The van der Waals surface area contributed by atoms with Gasteiger partial charge in [-0.15, -0.1) is 0 Å². The molecule has 2 heterocycles. The van der Waals surface area contributed by atoms with E-state index in [0.29, 0.717) is 0 Å². The average molecular weight is 202 g/mol. The van der Waals surface area contributed by atoms with Crippen LogP contribution in [-0.4, -0.2) is 47.6 Å². The summed E-state index contributed by atoms with van der Waals surface area (Å²) in [6, 6.07) is 0. The highest BCUT2D eigenvalue weighted by molar-refractivity contribution is 5.74.